The van der Waals surface area contributed by atoms with E-state index in [1.165, 1.54) is 6.07 Å². The van der Waals surface area contributed by atoms with Gasteiger partial charge in [0.15, 0.2) is 11.5 Å². The van der Waals surface area contributed by atoms with Crippen LogP contribution in [0.3, 0.4) is 0 Å². The molecule has 2 fully saturated rings. The number of nitrogens with one attached hydrogen (secondary N) is 1. The number of alkyl halides is 2. The molecule has 2 aliphatic rings. The number of halogens is 2. The van der Waals surface area contributed by atoms with Crippen molar-refractivity contribution in [2.45, 2.75) is 56.7 Å². The molecule has 1 heterocycles. The molecule has 1 aromatic carbocycles. The molecule has 1 aliphatic carbocycles. The average Bonchev–Trinajstić information content (AvgIpc) is 3.09. The molecule has 0 unspecified atom stereocenters. The van der Waals surface area contributed by atoms with Gasteiger partial charge in [0.2, 0.25) is 0 Å². The van der Waals surface area contributed by atoms with Crippen molar-refractivity contribution in [2.24, 2.45) is 0 Å². The highest BCUT2D eigenvalue weighted by Gasteiger charge is 2.35. The highest BCUT2D eigenvalue weighted by Crippen LogP contribution is 2.39. The van der Waals surface area contributed by atoms with Crippen LogP contribution in [0, 0.1) is 11.3 Å². The standard InChI is InChI=1S/C18H22F2N2O2/c19-17(20)24-15-6-5-13(18(12-21)7-9-22-10-8-18)11-16(15)23-14-3-1-2-4-14/h5-6,11,14,17,22H,1-4,7-10H2. The summed E-state index contributed by atoms with van der Waals surface area (Å²) in [6.45, 7) is -1.37. The van der Waals surface area contributed by atoms with Crippen LogP contribution in [0.25, 0.3) is 0 Å². The lowest BCUT2D eigenvalue weighted by molar-refractivity contribution is -0.0520. The van der Waals surface area contributed by atoms with Gasteiger partial charge in [-0.2, -0.15) is 14.0 Å². The molecule has 0 aromatic heterocycles. The smallest absolute Gasteiger partial charge is 0.387 e. The van der Waals surface area contributed by atoms with E-state index in [1.807, 2.05) is 0 Å². The van der Waals surface area contributed by atoms with Crippen LogP contribution in [0.2, 0.25) is 0 Å². The summed E-state index contributed by atoms with van der Waals surface area (Å²) in [6, 6.07) is 7.38. The number of rotatable bonds is 5. The van der Waals surface area contributed by atoms with Gasteiger partial charge in [-0.25, -0.2) is 0 Å². The van der Waals surface area contributed by atoms with E-state index >= 15 is 0 Å². The number of nitrogens with zero attached hydrogens (tertiary/aromatic N) is 1. The quantitative estimate of drug-likeness (QED) is 0.890. The van der Waals surface area contributed by atoms with Gasteiger partial charge in [-0.1, -0.05) is 6.07 Å². The van der Waals surface area contributed by atoms with Gasteiger partial charge >= 0.3 is 6.61 Å². The number of benzene rings is 1. The van der Waals surface area contributed by atoms with Crippen molar-refractivity contribution in [3.63, 3.8) is 0 Å². The summed E-state index contributed by atoms with van der Waals surface area (Å²) < 4.78 is 35.9. The Labute approximate surface area is 140 Å². The van der Waals surface area contributed by atoms with E-state index in [2.05, 4.69) is 16.1 Å². The number of nitriles is 1. The Bertz CT molecular complexity index is 604. The summed E-state index contributed by atoms with van der Waals surface area (Å²) in [6.07, 6.45) is 5.44. The van der Waals surface area contributed by atoms with Gasteiger partial charge < -0.3 is 14.8 Å². The average molecular weight is 336 g/mol. The van der Waals surface area contributed by atoms with Gasteiger partial charge in [-0.05, 0) is 69.3 Å². The number of hydrogen-bond donors (Lipinski definition) is 1. The van der Waals surface area contributed by atoms with Gasteiger partial charge in [0, 0.05) is 0 Å². The molecule has 1 N–H and O–H groups in total. The molecule has 0 bridgehead atoms. The first-order valence-corrected chi connectivity index (χ1v) is 8.51. The van der Waals surface area contributed by atoms with E-state index < -0.39 is 12.0 Å². The molecule has 3 rings (SSSR count). The zero-order valence-electron chi connectivity index (χ0n) is 13.6. The van der Waals surface area contributed by atoms with Crippen molar-refractivity contribution in [3.05, 3.63) is 23.8 Å². The van der Waals surface area contributed by atoms with Gasteiger partial charge in [0.25, 0.3) is 0 Å². The predicted octanol–water partition coefficient (Wildman–Crippen LogP) is 3.75. The number of ether oxygens (including phenoxy) is 2. The third-order valence-electron chi connectivity index (χ3n) is 4.98. The Morgan fingerprint density at radius 2 is 1.88 bits per heavy atom. The zero-order valence-corrected chi connectivity index (χ0v) is 13.6. The maximum absolute atomic E-state index is 12.7. The fraction of sp³-hybridized carbons (Fsp3) is 0.611. The fourth-order valence-electron chi connectivity index (χ4n) is 3.60. The molecule has 24 heavy (non-hydrogen) atoms. The molecular weight excluding hydrogens is 314 g/mol. The molecule has 0 radical (unpaired) electrons. The fourth-order valence-corrected chi connectivity index (χ4v) is 3.60. The molecule has 1 aliphatic heterocycles. The molecule has 4 nitrogen and oxygen atoms in total. The molecule has 0 spiro atoms. The first-order chi connectivity index (χ1) is 11.6. The van der Waals surface area contributed by atoms with E-state index in [-0.39, 0.29) is 11.9 Å². The van der Waals surface area contributed by atoms with E-state index in [4.69, 9.17) is 4.74 Å². The van der Waals surface area contributed by atoms with Crippen molar-refractivity contribution in [3.8, 4) is 17.6 Å². The van der Waals surface area contributed by atoms with E-state index in [1.54, 1.807) is 12.1 Å². The topological polar surface area (TPSA) is 54.3 Å². The molecule has 1 saturated carbocycles. The Kier molecular flexibility index (Phi) is 5.20. The second-order valence-electron chi connectivity index (χ2n) is 6.51. The predicted molar refractivity (Wildman–Crippen MR) is 85.4 cm³/mol. The summed E-state index contributed by atoms with van der Waals surface area (Å²) in [4.78, 5) is 0. The minimum Gasteiger partial charge on any atom is -0.487 e. The van der Waals surface area contributed by atoms with Crippen molar-refractivity contribution in [2.75, 3.05) is 13.1 Å². The van der Waals surface area contributed by atoms with Crippen LogP contribution in [0.1, 0.15) is 44.1 Å². The lowest BCUT2D eigenvalue weighted by Gasteiger charge is -2.32. The SMILES string of the molecule is N#CC1(c2ccc(OC(F)F)c(OC3CCCC3)c2)CCNCC1. The van der Waals surface area contributed by atoms with Gasteiger partial charge in [-0.3, -0.25) is 0 Å². The van der Waals surface area contributed by atoms with E-state index in [0.717, 1.165) is 44.3 Å². The van der Waals surface area contributed by atoms with Crippen molar-refractivity contribution in [1.29, 1.82) is 5.26 Å². The van der Waals surface area contributed by atoms with E-state index in [0.29, 0.717) is 18.6 Å². The largest absolute Gasteiger partial charge is 0.487 e. The zero-order chi connectivity index (χ0) is 17.0. The number of hydrogen-bond acceptors (Lipinski definition) is 4. The van der Waals surface area contributed by atoms with Gasteiger partial charge in [0.1, 0.15) is 0 Å². The molecule has 1 aromatic rings. The summed E-state index contributed by atoms with van der Waals surface area (Å²) in [5.74, 6) is 0.371. The maximum atomic E-state index is 12.7. The van der Waals surface area contributed by atoms with Crippen molar-refractivity contribution < 1.29 is 18.3 Å². The van der Waals surface area contributed by atoms with Gasteiger partial charge in [-0.15, -0.1) is 0 Å². The van der Waals surface area contributed by atoms with Crippen molar-refractivity contribution in [1.82, 2.24) is 5.32 Å². The van der Waals surface area contributed by atoms with E-state index in [9.17, 15) is 14.0 Å². The Morgan fingerprint density at radius 1 is 1.17 bits per heavy atom. The second-order valence-corrected chi connectivity index (χ2v) is 6.51. The molecular formula is C18H22F2N2O2. The minimum atomic E-state index is -2.90. The Balaban J connectivity index is 1.91. The highest BCUT2D eigenvalue weighted by molar-refractivity contribution is 5.47. The summed E-state index contributed by atoms with van der Waals surface area (Å²) in [5.41, 5.74) is 0.226. The van der Waals surface area contributed by atoms with Crippen LogP contribution in [-0.2, 0) is 5.41 Å². The van der Waals surface area contributed by atoms with Crippen molar-refractivity contribution >= 4 is 0 Å². The number of piperidine rings is 1. The van der Waals surface area contributed by atoms with Gasteiger partial charge in [0.05, 0.1) is 17.6 Å². The third kappa shape index (κ3) is 3.62. The monoisotopic (exact) mass is 336 g/mol. The second kappa shape index (κ2) is 7.35. The first-order valence-electron chi connectivity index (χ1n) is 8.51. The van der Waals surface area contributed by atoms with Crippen LogP contribution >= 0.6 is 0 Å². The molecule has 1 saturated heterocycles. The molecule has 130 valence electrons. The van der Waals surface area contributed by atoms with Crippen LogP contribution in [0.5, 0.6) is 11.5 Å². The van der Waals surface area contributed by atoms with Crippen LogP contribution < -0.4 is 14.8 Å². The summed E-state index contributed by atoms with van der Waals surface area (Å²) in [7, 11) is 0. The minimum absolute atomic E-state index is 0.0336. The highest BCUT2D eigenvalue weighted by atomic mass is 19.3. The van der Waals surface area contributed by atoms with Crippen LogP contribution in [-0.4, -0.2) is 25.8 Å². The van der Waals surface area contributed by atoms with Crippen LogP contribution in [0.15, 0.2) is 18.2 Å². The summed E-state index contributed by atoms with van der Waals surface area (Å²) in [5, 5.41) is 13.0. The molecule has 6 heteroatoms. The normalized spacial score (nSPS) is 20.8. The first kappa shape index (κ1) is 17.0. The lowest BCUT2D eigenvalue weighted by Crippen LogP contribution is -2.38. The Morgan fingerprint density at radius 3 is 2.50 bits per heavy atom. The lowest BCUT2D eigenvalue weighted by atomic mass is 9.74. The molecule has 0 atom stereocenters. The Hall–Kier alpha value is -1.87. The third-order valence-corrected chi connectivity index (χ3v) is 4.98. The van der Waals surface area contributed by atoms with Crippen LogP contribution in [0.4, 0.5) is 8.78 Å². The summed E-state index contributed by atoms with van der Waals surface area (Å²) >= 11 is 0. The maximum Gasteiger partial charge on any atom is 0.387 e. The molecule has 0 amide bonds.